The van der Waals surface area contributed by atoms with Gasteiger partial charge in [0.25, 0.3) is 0 Å². The minimum Gasteiger partial charge on any atom is -0.316 e. The summed E-state index contributed by atoms with van der Waals surface area (Å²) in [7, 11) is -1.08. The second-order valence-corrected chi connectivity index (χ2v) is 9.10. The molecule has 2 aromatic rings. The Hall–Kier alpha value is -0.720. The highest BCUT2D eigenvalue weighted by Crippen LogP contribution is 2.24. The standard InChI is InChI=1S/C19H22BrClN2OS/c20-19-9-17(21)5-4-16(19)13-25(24)18-3-1-2-14(8-18)10-23-12-15-6-7-22-11-15/h1-5,8-9,15,22-23H,6-7,10-13H2. The topological polar surface area (TPSA) is 41.1 Å². The van der Waals surface area contributed by atoms with Crippen molar-refractivity contribution in [3.8, 4) is 0 Å². The van der Waals surface area contributed by atoms with Crippen molar-refractivity contribution in [2.75, 3.05) is 19.6 Å². The van der Waals surface area contributed by atoms with Gasteiger partial charge < -0.3 is 10.6 Å². The average molecular weight is 442 g/mol. The molecule has 3 nitrogen and oxygen atoms in total. The van der Waals surface area contributed by atoms with Crippen molar-refractivity contribution in [1.29, 1.82) is 0 Å². The van der Waals surface area contributed by atoms with Gasteiger partial charge >= 0.3 is 0 Å². The molecule has 0 radical (unpaired) electrons. The van der Waals surface area contributed by atoms with E-state index >= 15 is 0 Å². The van der Waals surface area contributed by atoms with E-state index in [9.17, 15) is 4.21 Å². The Bertz CT molecular complexity index is 750. The van der Waals surface area contributed by atoms with Gasteiger partial charge in [0, 0.05) is 20.9 Å². The van der Waals surface area contributed by atoms with Crippen LogP contribution in [0, 0.1) is 5.92 Å². The van der Waals surface area contributed by atoms with Gasteiger partial charge in [-0.05, 0) is 67.4 Å². The van der Waals surface area contributed by atoms with Crippen LogP contribution in [0.4, 0.5) is 0 Å². The lowest BCUT2D eigenvalue weighted by Crippen LogP contribution is -2.24. The van der Waals surface area contributed by atoms with Crippen LogP contribution in [0.25, 0.3) is 0 Å². The highest BCUT2D eigenvalue weighted by Gasteiger charge is 2.13. The summed E-state index contributed by atoms with van der Waals surface area (Å²) in [6.07, 6.45) is 1.24. The summed E-state index contributed by atoms with van der Waals surface area (Å²) in [5, 5.41) is 7.57. The van der Waals surface area contributed by atoms with Gasteiger partial charge in [-0.3, -0.25) is 4.21 Å². The minimum atomic E-state index is -1.08. The third-order valence-corrected chi connectivity index (χ3v) is 6.71. The smallest absolute Gasteiger partial charge is 0.0574 e. The van der Waals surface area contributed by atoms with Crippen LogP contribution in [-0.2, 0) is 23.1 Å². The fourth-order valence-electron chi connectivity index (χ4n) is 2.97. The maximum Gasteiger partial charge on any atom is 0.0574 e. The Morgan fingerprint density at radius 1 is 1.28 bits per heavy atom. The van der Waals surface area contributed by atoms with E-state index in [2.05, 4.69) is 32.6 Å². The van der Waals surface area contributed by atoms with E-state index in [1.54, 1.807) is 0 Å². The SMILES string of the molecule is O=S(Cc1ccc(Cl)cc1Br)c1cccc(CNCC2CCNC2)c1. The summed E-state index contributed by atoms with van der Waals surface area (Å²) in [6, 6.07) is 13.6. The Kier molecular flexibility index (Phi) is 7.08. The monoisotopic (exact) mass is 440 g/mol. The lowest BCUT2D eigenvalue weighted by atomic mass is 10.1. The van der Waals surface area contributed by atoms with Crippen LogP contribution in [0.15, 0.2) is 51.8 Å². The summed E-state index contributed by atoms with van der Waals surface area (Å²) >= 11 is 9.47. The Morgan fingerprint density at radius 2 is 2.16 bits per heavy atom. The molecule has 1 aliphatic heterocycles. The number of halogens is 2. The van der Waals surface area contributed by atoms with E-state index in [4.69, 9.17) is 11.6 Å². The van der Waals surface area contributed by atoms with E-state index in [1.165, 1.54) is 12.0 Å². The number of nitrogens with one attached hydrogen (secondary N) is 2. The quantitative estimate of drug-likeness (QED) is 0.679. The first-order valence-electron chi connectivity index (χ1n) is 8.44. The molecule has 1 saturated heterocycles. The predicted octanol–water partition coefficient (Wildman–Crippen LogP) is 4.11. The van der Waals surface area contributed by atoms with Crippen molar-refractivity contribution < 1.29 is 4.21 Å². The van der Waals surface area contributed by atoms with Crippen LogP contribution in [-0.4, -0.2) is 23.8 Å². The third-order valence-electron chi connectivity index (χ3n) is 4.39. The number of hydrogen-bond donors (Lipinski definition) is 2. The van der Waals surface area contributed by atoms with Gasteiger partial charge in [0.1, 0.15) is 0 Å². The molecule has 0 bridgehead atoms. The van der Waals surface area contributed by atoms with Gasteiger partial charge in [0.15, 0.2) is 0 Å². The van der Waals surface area contributed by atoms with Crippen LogP contribution in [0.2, 0.25) is 5.02 Å². The molecule has 0 aromatic heterocycles. The fraction of sp³-hybridized carbons (Fsp3) is 0.368. The van der Waals surface area contributed by atoms with Crippen molar-refractivity contribution in [3.05, 3.63) is 63.1 Å². The lowest BCUT2D eigenvalue weighted by molar-refractivity contribution is 0.512. The Labute approximate surface area is 165 Å². The van der Waals surface area contributed by atoms with Crippen LogP contribution in [0.1, 0.15) is 17.5 Å². The van der Waals surface area contributed by atoms with Gasteiger partial charge in [-0.1, -0.05) is 45.7 Å². The molecule has 2 unspecified atom stereocenters. The molecular formula is C19H22BrClN2OS. The normalized spacial score (nSPS) is 18.4. The largest absolute Gasteiger partial charge is 0.316 e. The first-order chi connectivity index (χ1) is 12.1. The van der Waals surface area contributed by atoms with E-state index in [0.717, 1.165) is 47.0 Å². The van der Waals surface area contributed by atoms with Crippen LogP contribution >= 0.6 is 27.5 Å². The zero-order valence-corrected chi connectivity index (χ0v) is 17.1. The van der Waals surface area contributed by atoms with Crippen molar-refractivity contribution in [2.24, 2.45) is 5.92 Å². The highest BCUT2D eigenvalue weighted by atomic mass is 79.9. The van der Waals surface area contributed by atoms with E-state index < -0.39 is 10.8 Å². The Morgan fingerprint density at radius 3 is 2.92 bits per heavy atom. The molecule has 0 aliphatic carbocycles. The second-order valence-electron chi connectivity index (χ2n) is 6.36. The average Bonchev–Trinajstić information content (AvgIpc) is 3.11. The zero-order chi connectivity index (χ0) is 17.6. The minimum absolute atomic E-state index is 0.475. The molecular weight excluding hydrogens is 420 g/mol. The van der Waals surface area contributed by atoms with E-state index in [1.807, 2.05) is 36.4 Å². The molecule has 0 amide bonds. The molecule has 1 aliphatic rings. The van der Waals surface area contributed by atoms with Gasteiger partial charge in [0.05, 0.1) is 16.6 Å². The van der Waals surface area contributed by atoms with E-state index in [0.29, 0.717) is 10.8 Å². The number of hydrogen-bond acceptors (Lipinski definition) is 3. The van der Waals surface area contributed by atoms with E-state index in [-0.39, 0.29) is 0 Å². The van der Waals surface area contributed by atoms with Crippen molar-refractivity contribution >= 4 is 38.3 Å². The number of rotatable bonds is 7. The summed E-state index contributed by atoms with van der Waals surface area (Å²) in [6.45, 7) is 4.07. The summed E-state index contributed by atoms with van der Waals surface area (Å²) in [5.74, 6) is 1.20. The summed E-state index contributed by atoms with van der Waals surface area (Å²) < 4.78 is 13.6. The second kappa shape index (κ2) is 9.28. The maximum absolute atomic E-state index is 12.7. The first-order valence-corrected chi connectivity index (χ1v) is 10.9. The predicted molar refractivity (Wildman–Crippen MR) is 108 cm³/mol. The molecule has 134 valence electrons. The molecule has 25 heavy (non-hydrogen) atoms. The van der Waals surface area contributed by atoms with Gasteiger partial charge in [0.2, 0.25) is 0 Å². The van der Waals surface area contributed by atoms with Gasteiger partial charge in [-0.25, -0.2) is 0 Å². The summed E-state index contributed by atoms with van der Waals surface area (Å²) in [4.78, 5) is 0.865. The molecule has 3 rings (SSSR count). The molecule has 6 heteroatoms. The molecule has 2 aromatic carbocycles. The van der Waals surface area contributed by atoms with Crippen molar-refractivity contribution in [2.45, 2.75) is 23.6 Å². The van der Waals surface area contributed by atoms with Crippen LogP contribution in [0.3, 0.4) is 0 Å². The highest BCUT2D eigenvalue weighted by molar-refractivity contribution is 9.10. The van der Waals surface area contributed by atoms with Crippen molar-refractivity contribution in [3.63, 3.8) is 0 Å². The first kappa shape index (κ1) is 19.1. The summed E-state index contributed by atoms with van der Waals surface area (Å²) in [5.41, 5.74) is 2.17. The molecule has 0 saturated carbocycles. The molecule has 2 atom stereocenters. The molecule has 1 fully saturated rings. The fourth-order valence-corrected chi connectivity index (χ4v) is 5.19. The molecule has 2 N–H and O–H groups in total. The third kappa shape index (κ3) is 5.63. The Balaban J connectivity index is 1.58. The maximum atomic E-state index is 12.7. The molecule has 1 heterocycles. The van der Waals surface area contributed by atoms with Gasteiger partial charge in [-0.15, -0.1) is 0 Å². The van der Waals surface area contributed by atoms with Gasteiger partial charge in [-0.2, -0.15) is 0 Å². The van der Waals surface area contributed by atoms with Crippen molar-refractivity contribution in [1.82, 2.24) is 10.6 Å². The lowest BCUT2D eigenvalue weighted by Gasteiger charge is -2.11. The molecule has 0 spiro atoms. The number of benzene rings is 2. The van der Waals surface area contributed by atoms with Crippen LogP contribution < -0.4 is 10.6 Å². The van der Waals surface area contributed by atoms with Crippen LogP contribution in [0.5, 0.6) is 0 Å². The zero-order valence-electron chi connectivity index (χ0n) is 13.9.